The van der Waals surface area contributed by atoms with Crippen molar-refractivity contribution in [3.05, 3.63) is 35.4 Å². The van der Waals surface area contributed by atoms with Crippen molar-refractivity contribution in [2.75, 3.05) is 43.7 Å². The van der Waals surface area contributed by atoms with Gasteiger partial charge in [-0.1, -0.05) is 25.4 Å². The van der Waals surface area contributed by atoms with E-state index in [1.165, 1.54) is 12.3 Å². The second-order valence-corrected chi connectivity index (χ2v) is 9.88. The highest BCUT2D eigenvalue weighted by Gasteiger charge is 2.42. The lowest BCUT2D eigenvalue weighted by Gasteiger charge is -2.38. The minimum absolute atomic E-state index is 0.0804. The molecule has 0 aromatic carbocycles. The van der Waals surface area contributed by atoms with Crippen LogP contribution in [-0.4, -0.2) is 73.1 Å². The van der Waals surface area contributed by atoms with Crippen molar-refractivity contribution in [2.45, 2.75) is 44.9 Å². The zero-order valence-corrected chi connectivity index (χ0v) is 21.6. The number of aliphatic carboxylic acids is 1. The van der Waals surface area contributed by atoms with Crippen molar-refractivity contribution >= 4 is 29.1 Å². The summed E-state index contributed by atoms with van der Waals surface area (Å²) in [5, 5.41) is 9.90. The van der Waals surface area contributed by atoms with Gasteiger partial charge < -0.3 is 29.1 Å². The summed E-state index contributed by atoms with van der Waals surface area (Å²) in [6.45, 7) is 5.77. The van der Waals surface area contributed by atoms with E-state index in [-0.39, 0.29) is 36.3 Å². The summed E-state index contributed by atoms with van der Waals surface area (Å²) in [7, 11) is 3.14. The maximum absolute atomic E-state index is 15.2. The standard InChI is InChI=1S/C25H32ClFN4O5/c1-14-12-30(20-8-23(35-4)28-11-17(20)26)6-5-21(14)36-16-7-18(27)25(29-10-16)31-13-22(34-3)15(2)19(31)9-24(32)33/h7-8,10-11,14-15,19,21-22H,5-6,9,12-13H2,1-4H3,(H,32,33)/t14?,15-,19-,21?,22-/m0/s1. The van der Waals surface area contributed by atoms with E-state index in [0.29, 0.717) is 42.7 Å². The first-order valence-corrected chi connectivity index (χ1v) is 12.4. The van der Waals surface area contributed by atoms with E-state index < -0.39 is 17.8 Å². The first kappa shape index (κ1) is 26.2. The van der Waals surface area contributed by atoms with Gasteiger partial charge in [0, 0.05) is 63.2 Å². The summed E-state index contributed by atoms with van der Waals surface area (Å²) in [6.07, 6.45) is 3.35. The van der Waals surface area contributed by atoms with Crippen LogP contribution in [0.4, 0.5) is 15.9 Å². The molecule has 4 rings (SSSR count). The van der Waals surface area contributed by atoms with Crippen LogP contribution in [0.1, 0.15) is 26.7 Å². The van der Waals surface area contributed by atoms with Crippen LogP contribution < -0.4 is 19.3 Å². The van der Waals surface area contributed by atoms with Gasteiger partial charge in [0.15, 0.2) is 11.6 Å². The summed E-state index contributed by atoms with van der Waals surface area (Å²) in [5.74, 6) is -0.480. The number of rotatable bonds is 8. The number of carboxylic acid groups (broad SMARTS) is 1. The zero-order valence-electron chi connectivity index (χ0n) is 20.9. The molecule has 2 unspecified atom stereocenters. The van der Waals surface area contributed by atoms with Crippen LogP contribution in [0.5, 0.6) is 11.6 Å². The Kier molecular flexibility index (Phi) is 8.04. The quantitative estimate of drug-likeness (QED) is 0.553. The smallest absolute Gasteiger partial charge is 0.305 e. The Morgan fingerprint density at radius 2 is 1.97 bits per heavy atom. The molecule has 4 heterocycles. The molecule has 2 aliphatic rings. The van der Waals surface area contributed by atoms with Gasteiger partial charge in [0.1, 0.15) is 11.9 Å². The number of carboxylic acids is 1. The fourth-order valence-corrected chi connectivity index (χ4v) is 5.40. The van der Waals surface area contributed by atoms with E-state index in [1.807, 2.05) is 13.0 Å². The Morgan fingerprint density at radius 1 is 1.19 bits per heavy atom. The zero-order chi connectivity index (χ0) is 26.0. The Bertz CT molecular complexity index is 1090. The second-order valence-electron chi connectivity index (χ2n) is 9.47. The van der Waals surface area contributed by atoms with E-state index in [4.69, 9.17) is 25.8 Å². The highest BCUT2D eigenvalue weighted by atomic mass is 35.5. The average molecular weight is 523 g/mol. The van der Waals surface area contributed by atoms with E-state index in [9.17, 15) is 9.90 Å². The first-order chi connectivity index (χ1) is 17.2. The molecule has 0 amide bonds. The van der Waals surface area contributed by atoms with E-state index in [0.717, 1.165) is 5.69 Å². The molecule has 0 spiro atoms. The number of halogens is 2. The lowest BCUT2D eigenvalue weighted by molar-refractivity contribution is -0.137. The highest BCUT2D eigenvalue weighted by Crippen LogP contribution is 2.36. The number of anilines is 2. The lowest BCUT2D eigenvalue weighted by Crippen LogP contribution is -2.44. The maximum atomic E-state index is 15.2. The van der Waals surface area contributed by atoms with Crippen LogP contribution in [0.15, 0.2) is 24.5 Å². The predicted molar refractivity (Wildman–Crippen MR) is 134 cm³/mol. The van der Waals surface area contributed by atoms with Gasteiger partial charge in [0.05, 0.1) is 42.7 Å². The van der Waals surface area contributed by atoms with Crippen molar-refractivity contribution in [3.8, 4) is 11.6 Å². The van der Waals surface area contributed by atoms with Gasteiger partial charge >= 0.3 is 5.97 Å². The topological polar surface area (TPSA) is 97.2 Å². The third kappa shape index (κ3) is 5.44. The van der Waals surface area contributed by atoms with Gasteiger partial charge in [0.2, 0.25) is 5.88 Å². The summed E-state index contributed by atoms with van der Waals surface area (Å²) in [4.78, 5) is 23.7. The number of pyridine rings is 2. The number of piperidine rings is 1. The van der Waals surface area contributed by atoms with Crippen molar-refractivity contribution in [2.24, 2.45) is 11.8 Å². The third-order valence-corrected chi connectivity index (χ3v) is 7.49. The first-order valence-electron chi connectivity index (χ1n) is 12.0. The van der Waals surface area contributed by atoms with Crippen LogP contribution in [0.25, 0.3) is 0 Å². The number of methoxy groups -OCH3 is 2. The fraction of sp³-hybridized carbons (Fsp3) is 0.560. The van der Waals surface area contributed by atoms with Gasteiger partial charge in [-0.2, -0.15) is 0 Å². The van der Waals surface area contributed by atoms with Crippen molar-refractivity contribution in [1.29, 1.82) is 0 Å². The summed E-state index contributed by atoms with van der Waals surface area (Å²) < 4.78 is 32.1. The van der Waals surface area contributed by atoms with Crippen LogP contribution in [0.3, 0.4) is 0 Å². The Labute approximate surface area is 215 Å². The van der Waals surface area contributed by atoms with Crippen LogP contribution in [0.2, 0.25) is 5.02 Å². The lowest BCUT2D eigenvalue weighted by atomic mass is 9.96. The SMILES string of the molecule is COc1cc(N2CCC(Oc3cnc(N4C[C@H](OC)[C@@H](C)[C@@H]4CC(=O)O)c(F)c3)C(C)C2)c(Cl)cn1. The normalized spacial score (nSPS) is 26.2. The largest absolute Gasteiger partial charge is 0.488 e. The molecular formula is C25H32ClFN4O5. The van der Waals surface area contributed by atoms with Crippen LogP contribution >= 0.6 is 11.6 Å². The fourth-order valence-electron chi connectivity index (χ4n) is 5.18. The van der Waals surface area contributed by atoms with E-state index in [2.05, 4.69) is 21.8 Å². The van der Waals surface area contributed by atoms with Gasteiger partial charge in [-0.15, -0.1) is 0 Å². The molecule has 11 heteroatoms. The molecule has 2 fully saturated rings. The Hall–Kier alpha value is -2.85. The highest BCUT2D eigenvalue weighted by molar-refractivity contribution is 6.33. The maximum Gasteiger partial charge on any atom is 0.305 e. The average Bonchev–Trinajstić information content (AvgIpc) is 3.15. The number of ether oxygens (including phenoxy) is 3. The molecular weight excluding hydrogens is 491 g/mol. The summed E-state index contributed by atoms with van der Waals surface area (Å²) in [5.41, 5.74) is 0.857. The van der Waals surface area contributed by atoms with Gasteiger partial charge in [-0.3, -0.25) is 4.79 Å². The second kappa shape index (κ2) is 11.0. The number of hydrogen-bond donors (Lipinski definition) is 1. The van der Waals surface area contributed by atoms with Crippen molar-refractivity contribution in [3.63, 3.8) is 0 Å². The molecule has 9 nitrogen and oxygen atoms in total. The molecule has 1 N–H and O–H groups in total. The molecule has 196 valence electrons. The molecule has 2 aliphatic heterocycles. The van der Waals surface area contributed by atoms with Crippen molar-refractivity contribution in [1.82, 2.24) is 9.97 Å². The predicted octanol–water partition coefficient (Wildman–Crippen LogP) is 3.89. The number of aromatic nitrogens is 2. The van der Waals surface area contributed by atoms with Crippen molar-refractivity contribution < 1.29 is 28.5 Å². The molecule has 2 aromatic heterocycles. The molecule has 36 heavy (non-hydrogen) atoms. The number of carbonyl (C=O) groups is 1. The van der Waals surface area contributed by atoms with E-state index >= 15 is 4.39 Å². The number of hydrogen-bond acceptors (Lipinski definition) is 8. The summed E-state index contributed by atoms with van der Waals surface area (Å²) >= 11 is 6.37. The van der Waals surface area contributed by atoms with Crippen LogP contribution in [0, 0.1) is 17.7 Å². The third-order valence-electron chi connectivity index (χ3n) is 7.20. The minimum Gasteiger partial charge on any atom is -0.488 e. The molecule has 0 bridgehead atoms. The Morgan fingerprint density at radius 3 is 2.61 bits per heavy atom. The molecule has 0 aliphatic carbocycles. The van der Waals surface area contributed by atoms with Crippen LogP contribution in [-0.2, 0) is 9.53 Å². The number of nitrogens with zero attached hydrogens (tertiary/aromatic N) is 4. The Balaban J connectivity index is 1.44. The minimum atomic E-state index is -0.944. The van der Waals surface area contributed by atoms with Gasteiger partial charge in [-0.05, 0) is 0 Å². The van der Waals surface area contributed by atoms with E-state index in [1.54, 1.807) is 25.3 Å². The molecule has 2 saturated heterocycles. The monoisotopic (exact) mass is 522 g/mol. The molecule has 0 radical (unpaired) electrons. The summed E-state index contributed by atoms with van der Waals surface area (Å²) in [6, 6.07) is 2.73. The van der Waals surface area contributed by atoms with Gasteiger partial charge in [-0.25, -0.2) is 14.4 Å². The molecule has 5 atom stereocenters. The molecule has 2 aromatic rings. The molecule has 0 saturated carbocycles. The van der Waals surface area contributed by atoms with Gasteiger partial charge in [0.25, 0.3) is 0 Å².